The topological polar surface area (TPSA) is 51.0 Å². The Labute approximate surface area is 197 Å². The van der Waals surface area contributed by atoms with Gasteiger partial charge in [-0.25, -0.2) is 0 Å². The van der Waals surface area contributed by atoms with Crippen LogP contribution in [0, 0.1) is 0 Å². The molecule has 0 aliphatic heterocycles. The highest BCUT2D eigenvalue weighted by molar-refractivity contribution is 6.34. The number of nitrogens with zero attached hydrogens (tertiary/aromatic N) is 2. The average Bonchev–Trinajstić information content (AvgIpc) is 3.38. The molecule has 0 saturated heterocycles. The Balaban J connectivity index is 1.43. The van der Waals surface area contributed by atoms with Gasteiger partial charge in [-0.15, -0.1) is 0 Å². The fourth-order valence-corrected chi connectivity index (χ4v) is 4.56. The van der Waals surface area contributed by atoms with Crippen molar-refractivity contribution in [2.45, 2.75) is 26.9 Å². The second kappa shape index (κ2) is 8.68. The number of hydrogen-bond donors (Lipinski definition) is 2. The van der Waals surface area contributed by atoms with Crippen LogP contribution in [0.25, 0.3) is 21.8 Å². The lowest BCUT2D eigenvalue weighted by Gasteiger charge is -2.11. The van der Waals surface area contributed by atoms with Crippen LogP contribution in [0.3, 0.4) is 0 Å². The summed E-state index contributed by atoms with van der Waals surface area (Å²) in [6.07, 6.45) is 2.12. The Kier molecular flexibility index (Phi) is 5.56. The van der Waals surface area contributed by atoms with E-state index >= 15 is 0 Å². The smallest absolute Gasteiger partial charge is 0.258 e. The number of aromatic nitrogens is 2. The van der Waals surface area contributed by atoms with Gasteiger partial charge in [0.25, 0.3) is 5.91 Å². The predicted molar refractivity (Wildman–Crippen MR) is 138 cm³/mol. The molecule has 0 fully saturated rings. The minimum atomic E-state index is -0.219. The summed E-state index contributed by atoms with van der Waals surface area (Å²) in [6, 6.07) is 23.9. The molecule has 5 rings (SSSR count). The van der Waals surface area contributed by atoms with Gasteiger partial charge in [-0.3, -0.25) is 4.79 Å². The van der Waals surface area contributed by atoms with Gasteiger partial charge in [-0.2, -0.15) is 0 Å². The number of amides is 1. The lowest BCUT2D eigenvalue weighted by Crippen LogP contribution is -2.15. The van der Waals surface area contributed by atoms with E-state index in [2.05, 4.69) is 82.3 Å². The van der Waals surface area contributed by atoms with E-state index in [0.29, 0.717) is 10.6 Å². The summed E-state index contributed by atoms with van der Waals surface area (Å²) in [5.41, 5.74) is 4.79. The molecular formula is C27H25ClN4O. The van der Waals surface area contributed by atoms with Gasteiger partial charge in [-0.1, -0.05) is 23.7 Å². The Morgan fingerprint density at radius 2 is 1.58 bits per heavy atom. The Morgan fingerprint density at radius 3 is 2.30 bits per heavy atom. The largest absolute Gasteiger partial charge is 0.355 e. The number of carbonyl (C=O) groups is 1. The van der Waals surface area contributed by atoms with Gasteiger partial charge in [0.05, 0.1) is 10.6 Å². The van der Waals surface area contributed by atoms with Crippen LogP contribution in [0.15, 0.2) is 79.0 Å². The quantitative estimate of drug-likeness (QED) is 0.282. The second-order valence-corrected chi connectivity index (χ2v) is 8.39. The van der Waals surface area contributed by atoms with Crippen LogP contribution in [0.5, 0.6) is 0 Å². The SMILES string of the molecule is CCn1ccc2cc(Nc3ccc4c(c3)cc(NC(=O)c3ccccc3Cl)n4CC)ccc21. The second-order valence-electron chi connectivity index (χ2n) is 7.98. The summed E-state index contributed by atoms with van der Waals surface area (Å²) in [5.74, 6) is 0.528. The fourth-order valence-electron chi connectivity index (χ4n) is 4.34. The number of rotatable bonds is 6. The number of anilines is 3. The minimum absolute atomic E-state index is 0.219. The maximum absolute atomic E-state index is 12.8. The van der Waals surface area contributed by atoms with E-state index in [1.807, 2.05) is 18.2 Å². The summed E-state index contributed by atoms with van der Waals surface area (Å²) in [5, 5.41) is 9.24. The number of benzene rings is 3. The maximum atomic E-state index is 12.8. The number of nitrogens with one attached hydrogen (secondary N) is 2. The third-order valence-electron chi connectivity index (χ3n) is 5.98. The van der Waals surface area contributed by atoms with Crippen molar-refractivity contribution in [3.05, 3.63) is 89.6 Å². The highest BCUT2D eigenvalue weighted by Crippen LogP contribution is 2.30. The normalized spacial score (nSPS) is 11.2. The van der Waals surface area contributed by atoms with Gasteiger partial charge in [0.15, 0.2) is 0 Å². The van der Waals surface area contributed by atoms with Crippen molar-refractivity contribution in [1.29, 1.82) is 0 Å². The van der Waals surface area contributed by atoms with Crippen LogP contribution in [0.4, 0.5) is 17.2 Å². The number of carbonyl (C=O) groups excluding carboxylic acids is 1. The first-order valence-corrected chi connectivity index (χ1v) is 11.5. The summed E-state index contributed by atoms with van der Waals surface area (Å²) < 4.78 is 4.32. The molecule has 2 N–H and O–H groups in total. The number of hydrogen-bond acceptors (Lipinski definition) is 2. The van der Waals surface area contributed by atoms with E-state index in [-0.39, 0.29) is 5.91 Å². The lowest BCUT2D eigenvalue weighted by molar-refractivity contribution is 0.102. The van der Waals surface area contributed by atoms with Crippen LogP contribution in [0.2, 0.25) is 5.02 Å². The molecule has 0 radical (unpaired) electrons. The molecule has 5 aromatic rings. The fraction of sp³-hybridized carbons (Fsp3) is 0.148. The first-order chi connectivity index (χ1) is 16.1. The zero-order chi connectivity index (χ0) is 22.9. The van der Waals surface area contributed by atoms with E-state index in [0.717, 1.165) is 41.2 Å². The van der Waals surface area contributed by atoms with E-state index in [1.165, 1.54) is 10.9 Å². The third-order valence-corrected chi connectivity index (χ3v) is 6.31. The number of fused-ring (bicyclic) bond motifs is 2. The van der Waals surface area contributed by atoms with Crippen molar-refractivity contribution in [3.63, 3.8) is 0 Å². The van der Waals surface area contributed by atoms with Crippen LogP contribution in [-0.4, -0.2) is 15.0 Å². The molecule has 0 spiro atoms. The molecule has 2 aromatic heterocycles. The average molecular weight is 457 g/mol. The van der Waals surface area contributed by atoms with Gasteiger partial charge in [0.2, 0.25) is 0 Å². The molecule has 1 amide bonds. The van der Waals surface area contributed by atoms with Crippen molar-refractivity contribution in [1.82, 2.24) is 9.13 Å². The number of halogens is 1. The summed E-state index contributed by atoms with van der Waals surface area (Å²) in [4.78, 5) is 12.8. The highest BCUT2D eigenvalue weighted by Gasteiger charge is 2.14. The molecule has 0 aliphatic rings. The lowest BCUT2D eigenvalue weighted by atomic mass is 10.2. The Bertz CT molecular complexity index is 1480. The molecule has 0 saturated carbocycles. The summed E-state index contributed by atoms with van der Waals surface area (Å²) in [7, 11) is 0. The molecule has 3 aromatic carbocycles. The molecule has 0 aliphatic carbocycles. The van der Waals surface area contributed by atoms with Crippen LogP contribution in [-0.2, 0) is 13.1 Å². The Morgan fingerprint density at radius 1 is 0.848 bits per heavy atom. The monoisotopic (exact) mass is 456 g/mol. The van der Waals surface area contributed by atoms with Gasteiger partial charge >= 0.3 is 0 Å². The zero-order valence-corrected chi connectivity index (χ0v) is 19.4. The highest BCUT2D eigenvalue weighted by atomic mass is 35.5. The van der Waals surface area contributed by atoms with Crippen LogP contribution >= 0.6 is 11.6 Å². The molecule has 2 heterocycles. The van der Waals surface area contributed by atoms with E-state index in [4.69, 9.17) is 11.6 Å². The summed E-state index contributed by atoms with van der Waals surface area (Å²) >= 11 is 6.20. The Hall–Kier alpha value is -3.70. The molecule has 5 nitrogen and oxygen atoms in total. The summed E-state index contributed by atoms with van der Waals surface area (Å²) in [6.45, 7) is 5.90. The molecule has 0 atom stereocenters. The van der Waals surface area contributed by atoms with Gasteiger partial charge in [0, 0.05) is 52.5 Å². The van der Waals surface area contributed by atoms with Crippen molar-refractivity contribution in [2.75, 3.05) is 10.6 Å². The zero-order valence-electron chi connectivity index (χ0n) is 18.6. The standard InChI is InChI=1S/C27H25ClN4O/c1-3-31-14-13-18-15-20(9-11-24(18)31)29-21-10-12-25-19(16-21)17-26(32(25)4-2)30-27(33)22-7-5-6-8-23(22)28/h5-17,29H,3-4H2,1-2H3,(H,30,33). The maximum Gasteiger partial charge on any atom is 0.258 e. The van der Waals surface area contributed by atoms with Crippen molar-refractivity contribution < 1.29 is 4.79 Å². The van der Waals surface area contributed by atoms with E-state index in [9.17, 15) is 4.79 Å². The van der Waals surface area contributed by atoms with Crippen LogP contribution < -0.4 is 10.6 Å². The molecule has 0 unspecified atom stereocenters. The predicted octanol–water partition coefficient (Wildman–Crippen LogP) is 7.29. The molecule has 6 heteroatoms. The van der Waals surface area contributed by atoms with Crippen molar-refractivity contribution in [2.24, 2.45) is 0 Å². The molecule has 166 valence electrons. The van der Waals surface area contributed by atoms with Gasteiger partial charge in [0.1, 0.15) is 5.82 Å². The van der Waals surface area contributed by atoms with E-state index < -0.39 is 0 Å². The van der Waals surface area contributed by atoms with Crippen molar-refractivity contribution in [3.8, 4) is 0 Å². The first kappa shape index (κ1) is 21.2. The third kappa shape index (κ3) is 3.96. The molecular weight excluding hydrogens is 432 g/mol. The molecule has 33 heavy (non-hydrogen) atoms. The van der Waals surface area contributed by atoms with Gasteiger partial charge in [-0.05, 0) is 74.5 Å². The first-order valence-electron chi connectivity index (χ1n) is 11.1. The van der Waals surface area contributed by atoms with E-state index in [1.54, 1.807) is 12.1 Å². The van der Waals surface area contributed by atoms with Crippen LogP contribution in [0.1, 0.15) is 24.2 Å². The van der Waals surface area contributed by atoms with Gasteiger partial charge < -0.3 is 19.8 Å². The van der Waals surface area contributed by atoms with Crippen molar-refractivity contribution >= 4 is 56.5 Å². The molecule has 0 bridgehead atoms. The number of aryl methyl sites for hydroxylation is 2. The minimum Gasteiger partial charge on any atom is -0.355 e.